The lowest BCUT2D eigenvalue weighted by Gasteiger charge is -2.17. The van der Waals surface area contributed by atoms with Gasteiger partial charge < -0.3 is 5.32 Å². The molecule has 96 valence electrons. The molecular formula is C15H12BrFN2. The maximum atomic E-state index is 14.1. The standard InChI is InChI=1S/C15H12BrFN2/c1-10(11-5-3-2-4-6-11)19-13-8-7-12(9-18)14(16)15(13)17/h2-8,10,19H,1H3. The molecule has 1 N–H and O–H groups in total. The van der Waals surface area contributed by atoms with Crippen molar-refractivity contribution in [2.24, 2.45) is 0 Å². The third-order valence-electron chi connectivity index (χ3n) is 2.87. The van der Waals surface area contributed by atoms with Crippen LogP contribution in [-0.4, -0.2) is 0 Å². The minimum Gasteiger partial charge on any atom is -0.376 e. The van der Waals surface area contributed by atoms with Crippen LogP contribution in [0.25, 0.3) is 0 Å². The summed E-state index contributed by atoms with van der Waals surface area (Å²) >= 11 is 3.10. The molecule has 0 saturated carbocycles. The van der Waals surface area contributed by atoms with Crippen LogP contribution < -0.4 is 5.32 Å². The van der Waals surface area contributed by atoms with Gasteiger partial charge in [-0.15, -0.1) is 0 Å². The first-order chi connectivity index (χ1) is 9.13. The van der Waals surface area contributed by atoms with Crippen LogP contribution in [0, 0.1) is 17.1 Å². The fourth-order valence-corrected chi connectivity index (χ4v) is 2.24. The highest BCUT2D eigenvalue weighted by Gasteiger charge is 2.13. The van der Waals surface area contributed by atoms with Crippen LogP contribution in [0.3, 0.4) is 0 Å². The van der Waals surface area contributed by atoms with Crippen molar-refractivity contribution < 1.29 is 4.39 Å². The van der Waals surface area contributed by atoms with E-state index < -0.39 is 5.82 Å². The summed E-state index contributed by atoms with van der Waals surface area (Å²) in [5.74, 6) is -0.443. The molecule has 1 atom stereocenters. The van der Waals surface area contributed by atoms with E-state index in [0.717, 1.165) is 5.56 Å². The Morgan fingerprint density at radius 3 is 2.53 bits per heavy atom. The Kier molecular flexibility index (Phi) is 4.18. The monoisotopic (exact) mass is 318 g/mol. The Bertz CT molecular complexity index is 620. The maximum absolute atomic E-state index is 14.1. The number of hydrogen-bond donors (Lipinski definition) is 1. The van der Waals surface area contributed by atoms with Crippen molar-refractivity contribution in [2.45, 2.75) is 13.0 Å². The largest absolute Gasteiger partial charge is 0.376 e. The maximum Gasteiger partial charge on any atom is 0.161 e. The van der Waals surface area contributed by atoms with Gasteiger partial charge in [-0.1, -0.05) is 30.3 Å². The van der Waals surface area contributed by atoms with Crippen LogP contribution in [0.2, 0.25) is 0 Å². The molecule has 0 aliphatic rings. The SMILES string of the molecule is CC(Nc1ccc(C#N)c(Br)c1F)c1ccccc1. The summed E-state index contributed by atoms with van der Waals surface area (Å²) in [6.07, 6.45) is 0. The summed E-state index contributed by atoms with van der Waals surface area (Å²) in [4.78, 5) is 0. The van der Waals surface area contributed by atoms with Gasteiger partial charge in [-0.25, -0.2) is 4.39 Å². The van der Waals surface area contributed by atoms with Gasteiger partial charge in [0.05, 0.1) is 15.7 Å². The van der Waals surface area contributed by atoms with E-state index in [1.54, 1.807) is 12.1 Å². The van der Waals surface area contributed by atoms with Crippen molar-refractivity contribution in [1.29, 1.82) is 5.26 Å². The second-order valence-electron chi connectivity index (χ2n) is 4.18. The predicted molar refractivity (Wildman–Crippen MR) is 77.3 cm³/mol. The number of nitrogens with zero attached hydrogens (tertiary/aromatic N) is 1. The molecule has 2 aromatic rings. The first-order valence-electron chi connectivity index (χ1n) is 5.83. The summed E-state index contributed by atoms with van der Waals surface area (Å²) in [6.45, 7) is 1.96. The number of hydrogen-bond acceptors (Lipinski definition) is 2. The predicted octanol–water partition coefficient (Wildman–Crippen LogP) is 4.63. The number of benzene rings is 2. The summed E-state index contributed by atoms with van der Waals surface area (Å²) in [5.41, 5.74) is 1.74. The topological polar surface area (TPSA) is 35.8 Å². The average Bonchev–Trinajstić information content (AvgIpc) is 2.45. The molecule has 0 aliphatic carbocycles. The first-order valence-corrected chi connectivity index (χ1v) is 6.62. The van der Waals surface area contributed by atoms with Crippen molar-refractivity contribution in [3.63, 3.8) is 0 Å². The molecule has 0 radical (unpaired) electrons. The highest BCUT2D eigenvalue weighted by molar-refractivity contribution is 9.10. The molecular weight excluding hydrogens is 307 g/mol. The fourth-order valence-electron chi connectivity index (χ4n) is 1.81. The summed E-state index contributed by atoms with van der Waals surface area (Å²) in [7, 11) is 0. The fraction of sp³-hybridized carbons (Fsp3) is 0.133. The zero-order valence-electron chi connectivity index (χ0n) is 10.3. The lowest BCUT2D eigenvalue weighted by atomic mass is 10.1. The molecule has 0 aromatic heterocycles. The normalized spacial score (nSPS) is 11.7. The molecule has 0 aliphatic heterocycles. The molecule has 0 fully saturated rings. The van der Waals surface area contributed by atoms with E-state index in [1.807, 2.05) is 43.3 Å². The Balaban J connectivity index is 2.26. The van der Waals surface area contributed by atoms with Crippen molar-refractivity contribution >= 4 is 21.6 Å². The van der Waals surface area contributed by atoms with Crippen LogP contribution in [0.1, 0.15) is 24.1 Å². The zero-order valence-corrected chi connectivity index (χ0v) is 11.9. The third kappa shape index (κ3) is 2.94. The van der Waals surface area contributed by atoms with Crippen LogP contribution in [0.15, 0.2) is 46.9 Å². The van der Waals surface area contributed by atoms with Gasteiger partial charge >= 0.3 is 0 Å². The quantitative estimate of drug-likeness (QED) is 0.895. The Labute approximate surface area is 120 Å². The molecule has 0 saturated heterocycles. The van der Waals surface area contributed by atoms with Crippen molar-refractivity contribution in [1.82, 2.24) is 0 Å². The molecule has 0 bridgehead atoms. The number of nitrogens with one attached hydrogen (secondary N) is 1. The number of halogens is 2. The van der Waals surface area contributed by atoms with Crippen molar-refractivity contribution in [3.8, 4) is 6.07 Å². The number of anilines is 1. The minimum atomic E-state index is -0.443. The lowest BCUT2D eigenvalue weighted by molar-refractivity contribution is 0.620. The van der Waals surface area contributed by atoms with Crippen LogP contribution in [0.5, 0.6) is 0 Å². The minimum absolute atomic E-state index is 0.0180. The van der Waals surface area contributed by atoms with Gasteiger partial charge in [-0.3, -0.25) is 0 Å². The Hall–Kier alpha value is -1.86. The molecule has 2 nitrogen and oxygen atoms in total. The van der Waals surface area contributed by atoms with Gasteiger partial charge in [-0.05, 0) is 40.5 Å². The van der Waals surface area contributed by atoms with Gasteiger partial charge in [0, 0.05) is 6.04 Å². The molecule has 2 aromatic carbocycles. The zero-order chi connectivity index (χ0) is 13.8. The van der Waals surface area contributed by atoms with Gasteiger partial charge in [0.25, 0.3) is 0 Å². The van der Waals surface area contributed by atoms with Crippen LogP contribution >= 0.6 is 15.9 Å². The second kappa shape index (κ2) is 5.85. The number of nitriles is 1. The molecule has 0 amide bonds. The summed E-state index contributed by atoms with van der Waals surface area (Å²) < 4.78 is 14.3. The van der Waals surface area contributed by atoms with Crippen molar-refractivity contribution in [3.05, 3.63) is 63.9 Å². The highest BCUT2D eigenvalue weighted by Crippen LogP contribution is 2.29. The Morgan fingerprint density at radius 2 is 1.89 bits per heavy atom. The highest BCUT2D eigenvalue weighted by atomic mass is 79.9. The smallest absolute Gasteiger partial charge is 0.161 e. The van der Waals surface area contributed by atoms with Crippen LogP contribution in [-0.2, 0) is 0 Å². The number of rotatable bonds is 3. The van der Waals surface area contributed by atoms with Gasteiger partial charge in [0.1, 0.15) is 6.07 Å². The lowest BCUT2D eigenvalue weighted by Crippen LogP contribution is -2.08. The molecule has 0 heterocycles. The average molecular weight is 319 g/mol. The van der Waals surface area contributed by atoms with E-state index in [0.29, 0.717) is 5.69 Å². The summed E-state index contributed by atoms with van der Waals surface area (Å²) in [5, 5.41) is 11.9. The van der Waals surface area contributed by atoms with E-state index >= 15 is 0 Å². The Morgan fingerprint density at radius 1 is 1.21 bits per heavy atom. The molecule has 0 spiro atoms. The first kappa shape index (κ1) is 13.6. The van der Waals surface area contributed by atoms with E-state index in [9.17, 15) is 4.39 Å². The van der Waals surface area contributed by atoms with Crippen molar-refractivity contribution in [2.75, 3.05) is 5.32 Å². The second-order valence-corrected chi connectivity index (χ2v) is 4.97. The van der Waals surface area contributed by atoms with E-state index in [1.165, 1.54) is 0 Å². The van der Waals surface area contributed by atoms with E-state index in [2.05, 4.69) is 21.2 Å². The molecule has 2 rings (SSSR count). The third-order valence-corrected chi connectivity index (χ3v) is 3.65. The van der Waals surface area contributed by atoms with Gasteiger partial charge in [0.15, 0.2) is 5.82 Å². The summed E-state index contributed by atoms with van der Waals surface area (Å²) in [6, 6.07) is 14.9. The molecule has 4 heteroatoms. The van der Waals surface area contributed by atoms with Gasteiger partial charge in [-0.2, -0.15) is 5.26 Å². The van der Waals surface area contributed by atoms with E-state index in [4.69, 9.17) is 5.26 Å². The molecule has 1 unspecified atom stereocenters. The van der Waals surface area contributed by atoms with Gasteiger partial charge in [0.2, 0.25) is 0 Å². The van der Waals surface area contributed by atoms with E-state index in [-0.39, 0.29) is 16.1 Å². The van der Waals surface area contributed by atoms with Crippen LogP contribution in [0.4, 0.5) is 10.1 Å². The molecule has 19 heavy (non-hydrogen) atoms.